The number of fused-ring (bicyclic) bond motifs is 1. The van der Waals surface area contributed by atoms with Gasteiger partial charge in [-0.1, -0.05) is 13.0 Å². The van der Waals surface area contributed by atoms with E-state index < -0.39 is 5.41 Å². The molecule has 3 atom stereocenters. The predicted octanol–water partition coefficient (Wildman–Crippen LogP) is 3.98. The van der Waals surface area contributed by atoms with Gasteiger partial charge in [-0.25, -0.2) is 0 Å². The van der Waals surface area contributed by atoms with Crippen molar-refractivity contribution in [1.82, 2.24) is 0 Å². The van der Waals surface area contributed by atoms with Gasteiger partial charge in [-0.2, -0.15) is 0 Å². The molecule has 0 N–H and O–H groups in total. The Morgan fingerprint density at radius 2 is 1.75 bits per heavy atom. The number of methoxy groups -OCH3 is 4. The zero-order chi connectivity index (χ0) is 20.5. The van der Waals surface area contributed by atoms with E-state index in [0.717, 1.165) is 5.56 Å². The highest BCUT2D eigenvalue weighted by Gasteiger charge is 2.53. The Morgan fingerprint density at radius 1 is 1.11 bits per heavy atom. The summed E-state index contributed by atoms with van der Waals surface area (Å²) in [5.74, 6) is 2.40. The standard InChI is InChI=1S/C22H26O6/c1-7-8-22-12-18(26-5)15(23)11-19(22)28-20(13(22)2)14-9-16(24-3)21(27-6)17(10-14)25-4/h7,9-13,20H,1,8H2,2-6H3/t13-,20-,22-/m0/s1. The molecule has 0 aromatic heterocycles. The van der Waals surface area contributed by atoms with Crippen LogP contribution in [0.1, 0.15) is 25.0 Å². The van der Waals surface area contributed by atoms with Crippen molar-refractivity contribution in [2.45, 2.75) is 19.4 Å². The van der Waals surface area contributed by atoms with Crippen molar-refractivity contribution < 1.29 is 28.5 Å². The molecule has 1 heterocycles. The van der Waals surface area contributed by atoms with Gasteiger partial charge in [-0.15, -0.1) is 6.58 Å². The Labute approximate surface area is 165 Å². The first-order valence-electron chi connectivity index (χ1n) is 9.06. The largest absolute Gasteiger partial charge is 0.493 e. The predicted molar refractivity (Wildman–Crippen MR) is 105 cm³/mol. The second-order valence-electron chi connectivity index (χ2n) is 6.90. The van der Waals surface area contributed by atoms with E-state index in [0.29, 0.717) is 35.2 Å². The summed E-state index contributed by atoms with van der Waals surface area (Å²) in [5, 5.41) is 0. The Morgan fingerprint density at radius 3 is 2.25 bits per heavy atom. The molecule has 0 amide bonds. The summed E-state index contributed by atoms with van der Waals surface area (Å²) < 4.78 is 28.0. The quantitative estimate of drug-likeness (QED) is 0.661. The minimum absolute atomic E-state index is 0.0119. The molecule has 0 spiro atoms. The number of ketones is 1. The summed E-state index contributed by atoms with van der Waals surface area (Å²) in [6, 6.07) is 3.76. The first-order valence-corrected chi connectivity index (χ1v) is 9.06. The molecule has 150 valence electrons. The fraction of sp³-hybridized carbons (Fsp3) is 0.409. The summed E-state index contributed by atoms with van der Waals surface area (Å²) in [4.78, 5) is 12.3. The highest BCUT2D eigenvalue weighted by molar-refractivity contribution is 6.04. The lowest BCUT2D eigenvalue weighted by molar-refractivity contribution is -0.114. The SMILES string of the molecule is C=CC[C@@]12C=C(OC)C(=O)C=C1O[C@H](c1cc(OC)c(OC)c(OC)c1)[C@@H]2C. The van der Waals surface area contributed by atoms with Gasteiger partial charge in [0.25, 0.3) is 0 Å². The first-order chi connectivity index (χ1) is 13.4. The molecular formula is C22H26O6. The number of carbonyl (C=O) groups is 1. The molecule has 0 radical (unpaired) electrons. The smallest absolute Gasteiger partial charge is 0.223 e. The third kappa shape index (κ3) is 2.93. The van der Waals surface area contributed by atoms with Crippen LogP contribution in [0.25, 0.3) is 0 Å². The van der Waals surface area contributed by atoms with Crippen LogP contribution in [0.2, 0.25) is 0 Å². The van der Waals surface area contributed by atoms with E-state index in [-0.39, 0.29) is 17.8 Å². The molecule has 1 aromatic carbocycles. The fourth-order valence-corrected chi connectivity index (χ4v) is 4.08. The highest BCUT2D eigenvalue weighted by Crippen LogP contribution is 2.58. The van der Waals surface area contributed by atoms with Crippen LogP contribution in [0.15, 0.2) is 48.5 Å². The highest BCUT2D eigenvalue weighted by atomic mass is 16.5. The minimum Gasteiger partial charge on any atom is -0.493 e. The van der Waals surface area contributed by atoms with Crippen LogP contribution in [0.5, 0.6) is 17.2 Å². The van der Waals surface area contributed by atoms with Crippen LogP contribution in [-0.4, -0.2) is 34.2 Å². The molecule has 1 aliphatic heterocycles. The molecular weight excluding hydrogens is 360 g/mol. The molecule has 1 aliphatic carbocycles. The molecule has 0 unspecified atom stereocenters. The average molecular weight is 386 g/mol. The molecule has 3 rings (SSSR count). The zero-order valence-electron chi connectivity index (χ0n) is 16.9. The maximum absolute atomic E-state index is 12.3. The number of rotatable bonds is 7. The van der Waals surface area contributed by atoms with Crippen LogP contribution in [-0.2, 0) is 14.3 Å². The van der Waals surface area contributed by atoms with Crippen LogP contribution in [0.3, 0.4) is 0 Å². The van der Waals surface area contributed by atoms with E-state index in [1.165, 1.54) is 13.2 Å². The van der Waals surface area contributed by atoms with Gasteiger partial charge in [0.05, 0.1) is 33.9 Å². The van der Waals surface area contributed by atoms with Gasteiger partial charge in [-0.3, -0.25) is 4.79 Å². The average Bonchev–Trinajstić information content (AvgIpc) is 2.98. The molecule has 1 aromatic rings. The maximum atomic E-state index is 12.3. The molecule has 0 saturated carbocycles. The third-order valence-corrected chi connectivity index (χ3v) is 5.59. The van der Waals surface area contributed by atoms with Crippen molar-refractivity contribution in [3.05, 3.63) is 54.0 Å². The van der Waals surface area contributed by atoms with Crippen LogP contribution in [0, 0.1) is 11.3 Å². The summed E-state index contributed by atoms with van der Waals surface area (Å²) in [7, 11) is 6.22. The summed E-state index contributed by atoms with van der Waals surface area (Å²) in [6.07, 6.45) is 5.55. The molecule has 2 aliphatic rings. The number of ether oxygens (including phenoxy) is 5. The van der Waals surface area contributed by atoms with E-state index >= 15 is 0 Å². The Bertz CT molecular complexity index is 828. The first kappa shape index (κ1) is 19.9. The summed E-state index contributed by atoms with van der Waals surface area (Å²) in [6.45, 7) is 5.99. The monoisotopic (exact) mass is 386 g/mol. The summed E-state index contributed by atoms with van der Waals surface area (Å²) in [5.41, 5.74) is 0.382. The van der Waals surface area contributed by atoms with Gasteiger partial charge in [0.2, 0.25) is 11.5 Å². The van der Waals surface area contributed by atoms with Gasteiger partial charge in [0.1, 0.15) is 11.9 Å². The van der Waals surface area contributed by atoms with E-state index in [2.05, 4.69) is 13.5 Å². The van der Waals surface area contributed by atoms with Crippen molar-refractivity contribution in [2.75, 3.05) is 28.4 Å². The number of hydrogen-bond donors (Lipinski definition) is 0. The minimum atomic E-state index is -0.494. The number of hydrogen-bond acceptors (Lipinski definition) is 6. The fourth-order valence-electron chi connectivity index (χ4n) is 4.08. The molecule has 0 bridgehead atoms. The van der Waals surface area contributed by atoms with E-state index in [1.54, 1.807) is 21.3 Å². The van der Waals surface area contributed by atoms with Crippen LogP contribution < -0.4 is 14.2 Å². The zero-order valence-corrected chi connectivity index (χ0v) is 16.9. The molecule has 6 nitrogen and oxygen atoms in total. The molecule has 1 saturated heterocycles. The van der Waals surface area contributed by atoms with Gasteiger partial charge in [-0.05, 0) is 24.6 Å². The number of benzene rings is 1. The third-order valence-electron chi connectivity index (χ3n) is 5.59. The van der Waals surface area contributed by atoms with Crippen molar-refractivity contribution in [1.29, 1.82) is 0 Å². The van der Waals surface area contributed by atoms with Gasteiger partial charge in [0, 0.05) is 17.6 Å². The van der Waals surface area contributed by atoms with Crippen molar-refractivity contribution in [3.8, 4) is 17.2 Å². The number of carbonyl (C=O) groups excluding carboxylic acids is 1. The van der Waals surface area contributed by atoms with Gasteiger partial charge in [0.15, 0.2) is 17.3 Å². The second-order valence-corrected chi connectivity index (χ2v) is 6.90. The molecule has 6 heteroatoms. The Balaban J connectivity index is 2.11. The molecule has 1 fully saturated rings. The normalized spacial score (nSPS) is 25.8. The van der Waals surface area contributed by atoms with Crippen molar-refractivity contribution in [3.63, 3.8) is 0 Å². The molecule has 28 heavy (non-hydrogen) atoms. The van der Waals surface area contributed by atoms with Crippen LogP contribution in [0.4, 0.5) is 0 Å². The lowest BCUT2D eigenvalue weighted by Gasteiger charge is -2.31. The van der Waals surface area contributed by atoms with E-state index in [9.17, 15) is 4.79 Å². The topological polar surface area (TPSA) is 63.2 Å². The second kappa shape index (κ2) is 7.62. The van der Waals surface area contributed by atoms with Crippen LogP contribution >= 0.6 is 0 Å². The van der Waals surface area contributed by atoms with Gasteiger partial charge < -0.3 is 23.7 Å². The maximum Gasteiger partial charge on any atom is 0.223 e. The summed E-state index contributed by atoms with van der Waals surface area (Å²) >= 11 is 0. The number of allylic oxidation sites excluding steroid dienone is 3. The van der Waals surface area contributed by atoms with E-state index in [1.807, 2.05) is 24.3 Å². The lowest BCUT2D eigenvalue weighted by atomic mass is 9.69. The van der Waals surface area contributed by atoms with Gasteiger partial charge >= 0.3 is 0 Å². The Hall–Kier alpha value is -2.89. The Kier molecular flexibility index (Phi) is 5.40. The van der Waals surface area contributed by atoms with Crippen molar-refractivity contribution in [2.24, 2.45) is 11.3 Å². The van der Waals surface area contributed by atoms with E-state index in [4.69, 9.17) is 23.7 Å². The lowest BCUT2D eigenvalue weighted by Crippen LogP contribution is -2.29. The van der Waals surface area contributed by atoms with Crippen molar-refractivity contribution >= 4 is 5.78 Å².